The number of hydrogen-bond donors (Lipinski definition) is 2. The fraction of sp³-hybridized carbons (Fsp3) is 0.414. The van der Waals surface area contributed by atoms with E-state index in [1.54, 1.807) is 11.8 Å². The lowest BCUT2D eigenvalue weighted by Crippen LogP contribution is -2.43. The number of rotatable bonds is 9. The minimum Gasteiger partial charge on any atom is -0.340 e. The zero-order chi connectivity index (χ0) is 25.5. The molecule has 7 heteroatoms. The molecule has 6 nitrogen and oxygen atoms in total. The molecular formula is C29H36N4O2S. The largest absolute Gasteiger partial charge is 0.340 e. The summed E-state index contributed by atoms with van der Waals surface area (Å²) in [5, 5.41) is 7.12. The van der Waals surface area contributed by atoms with Gasteiger partial charge in [-0.1, -0.05) is 68.8 Å². The van der Waals surface area contributed by atoms with Crippen molar-refractivity contribution in [3.05, 3.63) is 71.4 Å². The van der Waals surface area contributed by atoms with Crippen molar-refractivity contribution in [3.63, 3.8) is 0 Å². The maximum absolute atomic E-state index is 13.5. The highest BCUT2D eigenvalue weighted by Crippen LogP contribution is 2.40. The minimum atomic E-state index is -0.230. The molecule has 0 radical (unpaired) electrons. The number of anilines is 2. The molecule has 2 amide bonds. The molecule has 0 aromatic heterocycles. The number of thioether (sulfide) groups is 1. The highest BCUT2D eigenvalue weighted by atomic mass is 32.2. The van der Waals surface area contributed by atoms with Crippen LogP contribution in [0.4, 0.5) is 11.4 Å². The van der Waals surface area contributed by atoms with Crippen LogP contribution in [-0.2, 0) is 9.59 Å². The molecule has 2 aromatic carbocycles. The second-order valence-electron chi connectivity index (χ2n) is 9.37. The number of amides is 2. The van der Waals surface area contributed by atoms with Gasteiger partial charge in [0, 0.05) is 29.6 Å². The number of fused-ring (bicyclic) bond motifs is 1. The highest BCUT2D eigenvalue weighted by Gasteiger charge is 2.37. The summed E-state index contributed by atoms with van der Waals surface area (Å²) in [5.74, 6) is 1.01. The quantitative estimate of drug-likeness (QED) is 0.403. The molecule has 1 fully saturated rings. The van der Waals surface area contributed by atoms with Gasteiger partial charge in [0.05, 0.1) is 17.3 Å². The lowest BCUT2D eigenvalue weighted by Gasteiger charge is -2.41. The van der Waals surface area contributed by atoms with Crippen LogP contribution in [0, 0.1) is 5.92 Å². The molecule has 0 aliphatic carbocycles. The van der Waals surface area contributed by atoms with E-state index in [1.165, 1.54) is 0 Å². The molecule has 0 saturated carbocycles. The number of aliphatic imine (C=N–C) groups is 1. The van der Waals surface area contributed by atoms with Gasteiger partial charge in [-0.05, 0) is 56.0 Å². The summed E-state index contributed by atoms with van der Waals surface area (Å²) in [6.45, 7) is 6.98. The molecule has 2 atom stereocenters. The molecule has 190 valence electrons. The van der Waals surface area contributed by atoms with Crippen LogP contribution in [0.1, 0.15) is 64.5 Å². The smallest absolute Gasteiger partial charge is 0.255 e. The van der Waals surface area contributed by atoms with Crippen LogP contribution in [0.2, 0.25) is 0 Å². The Labute approximate surface area is 218 Å². The lowest BCUT2D eigenvalue weighted by molar-refractivity contribution is -0.120. The number of nitrogens with zero attached hydrogens (tertiary/aromatic N) is 2. The average Bonchev–Trinajstić information content (AvgIpc) is 2.89. The average molecular weight is 505 g/mol. The van der Waals surface area contributed by atoms with Gasteiger partial charge in [-0.15, -0.1) is 0 Å². The third-order valence-corrected chi connectivity index (χ3v) is 7.88. The van der Waals surface area contributed by atoms with Gasteiger partial charge in [-0.25, -0.2) is 4.99 Å². The second-order valence-corrected chi connectivity index (χ2v) is 10.4. The summed E-state index contributed by atoms with van der Waals surface area (Å²) in [5.41, 5.74) is 3.96. The van der Waals surface area contributed by atoms with E-state index in [2.05, 4.69) is 29.4 Å². The third kappa shape index (κ3) is 6.01. The van der Waals surface area contributed by atoms with Crippen LogP contribution < -0.4 is 10.6 Å². The van der Waals surface area contributed by atoms with Crippen LogP contribution in [-0.4, -0.2) is 34.2 Å². The van der Waals surface area contributed by atoms with Gasteiger partial charge in [-0.2, -0.15) is 0 Å². The Hall–Kier alpha value is -3.06. The zero-order valence-corrected chi connectivity index (χ0v) is 22.2. The van der Waals surface area contributed by atoms with E-state index in [-0.39, 0.29) is 23.8 Å². The number of allylic oxidation sites excluding steroid dienone is 1. The van der Waals surface area contributed by atoms with Gasteiger partial charge < -0.3 is 15.5 Å². The maximum atomic E-state index is 13.5. The molecule has 2 aliphatic heterocycles. The number of amidine groups is 1. The maximum Gasteiger partial charge on any atom is 0.255 e. The van der Waals surface area contributed by atoms with Crippen molar-refractivity contribution >= 4 is 40.1 Å². The van der Waals surface area contributed by atoms with Crippen molar-refractivity contribution in [1.29, 1.82) is 0 Å². The van der Waals surface area contributed by atoms with Crippen LogP contribution in [0.25, 0.3) is 0 Å². The predicted molar refractivity (Wildman–Crippen MR) is 150 cm³/mol. The first kappa shape index (κ1) is 26.0. The van der Waals surface area contributed by atoms with E-state index in [0.29, 0.717) is 5.57 Å². The highest BCUT2D eigenvalue weighted by molar-refractivity contribution is 8.13. The number of carbonyl (C=O) groups is 2. The fourth-order valence-corrected chi connectivity index (χ4v) is 5.81. The number of carbonyl (C=O) groups excluding carboxylic acids is 2. The molecule has 1 saturated heterocycles. The minimum absolute atomic E-state index is 0.0333. The molecule has 2 N–H and O–H groups in total. The SMILES string of the molecule is CCCC[C@H](CC)C(=O)Nc1ccc([C@H]2C(C(=O)Nc3ccccc3)=C(C)N=C3SCCCN32)cc1. The lowest BCUT2D eigenvalue weighted by atomic mass is 9.93. The van der Waals surface area contributed by atoms with Gasteiger partial charge in [0.25, 0.3) is 5.91 Å². The number of para-hydroxylation sites is 1. The Kier molecular flexibility index (Phi) is 8.86. The van der Waals surface area contributed by atoms with Crippen LogP contribution in [0.15, 0.2) is 70.9 Å². The first-order chi connectivity index (χ1) is 17.5. The van der Waals surface area contributed by atoms with Crippen molar-refractivity contribution in [2.24, 2.45) is 10.9 Å². The van der Waals surface area contributed by atoms with Crippen molar-refractivity contribution in [2.45, 2.75) is 58.9 Å². The number of hydrogen-bond acceptors (Lipinski definition) is 5. The molecule has 36 heavy (non-hydrogen) atoms. The van der Waals surface area contributed by atoms with Crippen LogP contribution >= 0.6 is 11.8 Å². The monoisotopic (exact) mass is 504 g/mol. The predicted octanol–water partition coefficient (Wildman–Crippen LogP) is 6.60. The first-order valence-corrected chi connectivity index (χ1v) is 14.0. The van der Waals surface area contributed by atoms with E-state index in [1.807, 2.05) is 61.5 Å². The first-order valence-electron chi connectivity index (χ1n) is 13.0. The Morgan fingerprint density at radius 1 is 1.06 bits per heavy atom. The molecular weight excluding hydrogens is 468 g/mol. The summed E-state index contributed by atoms with van der Waals surface area (Å²) < 4.78 is 0. The molecule has 0 bridgehead atoms. The van der Waals surface area contributed by atoms with Gasteiger partial charge in [-0.3, -0.25) is 9.59 Å². The summed E-state index contributed by atoms with van der Waals surface area (Å²) in [7, 11) is 0. The zero-order valence-electron chi connectivity index (χ0n) is 21.4. The summed E-state index contributed by atoms with van der Waals surface area (Å²) in [6, 6.07) is 17.2. The van der Waals surface area contributed by atoms with Gasteiger partial charge in [0.2, 0.25) is 5.91 Å². The Balaban J connectivity index is 1.59. The molecule has 2 heterocycles. The summed E-state index contributed by atoms with van der Waals surface area (Å²) in [4.78, 5) is 33.3. The number of nitrogens with one attached hydrogen (secondary N) is 2. The van der Waals surface area contributed by atoms with E-state index >= 15 is 0 Å². The van der Waals surface area contributed by atoms with E-state index in [0.717, 1.165) is 72.2 Å². The Bertz CT molecular complexity index is 1130. The standard InChI is InChI=1S/C29H36N4O2S/c1-4-6-11-21(5-2)27(34)31-24-16-14-22(15-17-24)26-25(28(35)32-23-12-8-7-9-13-23)20(3)30-29-33(26)18-10-19-36-29/h7-9,12-17,21,26H,4-6,10-11,18-19H2,1-3H3,(H,31,34)(H,32,35)/t21-,26-/m0/s1. The van der Waals surface area contributed by atoms with Gasteiger partial charge >= 0.3 is 0 Å². The van der Waals surface area contributed by atoms with Gasteiger partial charge in [0.15, 0.2) is 5.17 Å². The molecule has 4 rings (SSSR count). The van der Waals surface area contributed by atoms with E-state index in [4.69, 9.17) is 4.99 Å². The molecule has 0 spiro atoms. The summed E-state index contributed by atoms with van der Waals surface area (Å²) >= 11 is 1.74. The van der Waals surface area contributed by atoms with Crippen molar-refractivity contribution in [3.8, 4) is 0 Å². The third-order valence-electron chi connectivity index (χ3n) is 6.80. The van der Waals surface area contributed by atoms with Crippen LogP contribution in [0.5, 0.6) is 0 Å². The normalized spacial score (nSPS) is 18.2. The van der Waals surface area contributed by atoms with Crippen molar-refractivity contribution < 1.29 is 9.59 Å². The summed E-state index contributed by atoms with van der Waals surface area (Å²) in [6.07, 6.45) is 4.94. The Morgan fingerprint density at radius 2 is 1.78 bits per heavy atom. The topological polar surface area (TPSA) is 73.8 Å². The van der Waals surface area contributed by atoms with E-state index in [9.17, 15) is 9.59 Å². The van der Waals surface area contributed by atoms with Crippen LogP contribution in [0.3, 0.4) is 0 Å². The molecule has 0 unspecified atom stereocenters. The number of benzene rings is 2. The van der Waals surface area contributed by atoms with Crippen molar-refractivity contribution in [1.82, 2.24) is 4.90 Å². The van der Waals surface area contributed by atoms with Crippen molar-refractivity contribution in [2.75, 3.05) is 22.9 Å². The fourth-order valence-electron chi connectivity index (χ4n) is 4.79. The number of unbranched alkanes of at least 4 members (excludes halogenated alkanes) is 1. The Morgan fingerprint density at radius 3 is 2.47 bits per heavy atom. The van der Waals surface area contributed by atoms with Gasteiger partial charge in [0.1, 0.15) is 0 Å². The second kappa shape index (κ2) is 12.3. The molecule has 2 aromatic rings. The van der Waals surface area contributed by atoms with E-state index < -0.39 is 0 Å². The molecule has 2 aliphatic rings.